The van der Waals surface area contributed by atoms with Crippen LogP contribution < -0.4 is 10.2 Å². The number of hydrogen-bond donors (Lipinski definition) is 1. The lowest BCUT2D eigenvalue weighted by atomic mass is 9.79. The summed E-state index contributed by atoms with van der Waals surface area (Å²) in [5, 5.41) is 6.22. The summed E-state index contributed by atoms with van der Waals surface area (Å²) in [6, 6.07) is 2.42. The predicted octanol–water partition coefficient (Wildman–Crippen LogP) is 2.59. The molecule has 0 radical (unpaired) electrons. The number of carbonyl (C=O) groups excluding carboxylic acids is 2. The van der Waals surface area contributed by atoms with Crippen LogP contribution in [-0.4, -0.2) is 64.9 Å². The topological polar surface area (TPSA) is 65.5 Å². The molecule has 2 amide bonds. The van der Waals surface area contributed by atoms with E-state index in [9.17, 15) is 9.59 Å². The predicted molar refractivity (Wildman–Crippen MR) is 114 cm³/mol. The van der Waals surface area contributed by atoms with Gasteiger partial charge in [-0.3, -0.25) is 14.5 Å². The fraction of sp³-hybridized carbons (Fsp3) is 0.550. The van der Waals surface area contributed by atoms with E-state index >= 15 is 0 Å². The molecule has 0 spiro atoms. The van der Waals surface area contributed by atoms with Crippen molar-refractivity contribution in [3.05, 3.63) is 23.3 Å². The van der Waals surface area contributed by atoms with Gasteiger partial charge in [0.25, 0.3) is 5.91 Å². The van der Waals surface area contributed by atoms with Crippen LogP contribution >= 0.6 is 23.1 Å². The fourth-order valence-electron chi connectivity index (χ4n) is 4.80. The third-order valence-electron chi connectivity index (χ3n) is 6.43. The maximum Gasteiger partial charge on any atom is 0.270 e. The number of hydrogen-bond acceptors (Lipinski definition) is 6. The van der Waals surface area contributed by atoms with E-state index in [0.29, 0.717) is 23.4 Å². The summed E-state index contributed by atoms with van der Waals surface area (Å²) in [6.07, 6.45) is 4.08. The van der Waals surface area contributed by atoms with E-state index in [4.69, 9.17) is 0 Å². The third-order valence-corrected chi connectivity index (χ3v) is 8.27. The Labute approximate surface area is 172 Å². The summed E-state index contributed by atoms with van der Waals surface area (Å²) in [5.74, 6) is 2.06. The molecule has 28 heavy (non-hydrogen) atoms. The molecule has 4 aliphatic rings. The largest absolute Gasteiger partial charge is 0.346 e. The number of nitrogens with one attached hydrogen (secondary N) is 1. The zero-order chi connectivity index (χ0) is 19.3. The molecule has 2 aromatic rings. The van der Waals surface area contributed by atoms with Gasteiger partial charge in [-0.15, -0.1) is 11.3 Å². The Morgan fingerprint density at radius 1 is 1.29 bits per heavy atom. The first-order chi connectivity index (χ1) is 13.6. The van der Waals surface area contributed by atoms with Crippen LogP contribution in [-0.2, 0) is 4.79 Å². The molecule has 2 aromatic heterocycles. The molecular formula is C20H24N4O2S2. The number of thioether (sulfide) groups is 1. The van der Waals surface area contributed by atoms with E-state index in [0.717, 1.165) is 54.0 Å². The monoisotopic (exact) mass is 416 g/mol. The van der Waals surface area contributed by atoms with Gasteiger partial charge in [0.1, 0.15) is 5.69 Å². The molecule has 4 saturated heterocycles. The molecule has 0 saturated carbocycles. The molecule has 0 aromatic carbocycles. The molecule has 148 valence electrons. The first-order valence-electron chi connectivity index (χ1n) is 9.92. The van der Waals surface area contributed by atoms with Gasteiger partial charge in [0.05, 0.1) is 16.1 Å². The average Bonchev–Trinajstić information content (AvgIpc) is 3.14. The van der Waals surface area contributed by atoms with Gasteiger partial charge < -0.3 is 10.2 Å². The lowest BCUT2D eigenvalue weighted by molar-refractivity contribution is -0.116. The van der Waals surface area contributed by atoms with Crippen LogP contribution in [0, 0.1) is 5.92 Å². The van der Waals surface area contributed by atoms with Crippen molar-refractivity contribution < 1.29 is 9.59 Å². The lowest BCUT2D eigenvalue weighted by Gasteiger charge is -2.49. The highest BCUT2D eigenvalue weighted by molar-refractivity contribution is 8.00. The normalized spacial score (nSPS) is 30.0. The SMILES string of the molecule is C[C@H]1[C@H](NC(=O)c2cc3c(N4CCSCC4=O)csc3cn2)C2CCN1CC2. The van der Waals surface area contributed by atoms with Crippen molar-refractivity contribution >= 4 is 50.7 Å². The fourth-order valence-corrected chi connectivity index (χ4v) is 6.48. The highest BCUT2D eigenvalue weighted by atomic mass is 32.2. The summed E-state index contributed by atoms with van der Waals surface area (Å²) in [7, 11) is 0. The first-order valence-corrected chi connectivity index (χ1v) is 12.0. The molecule has 0 unspecified atom stereocenters. The van der Waals surface area contributed by atoms with Crippen molar-refractivity contribution in [3.63, 3.8) is 0 Å². The van der Waals surface area contributed by atoms with E-state index in [1.54, 1.807) is 29.3 Å². The number of anilines is 1. The van der Waals surface area contributed by atoms with Gasteiger partial charge in [0.15, 0.2) is 0 Å². The van der Waals surface area contributed by atoms with Crippen molar-refractivity contribution in [2.45, 2.75) is 31.8 Å². The van der Waals surface area contributed by atoms with Crippen LogP contribution in [0.5, 0.6) is 0 Å². The number of piperidine rings is 3. The highest BCUT2D eigenvalue weighted by Gasteiger charge is 2.40. The highest BCUT2D eigenvalue weighted by Crippen LogP contribution is 2.35. The molecule has 8 heteroatoms. The molecule has 6 nitrogen and oxygen atoms in total. The minimum Gasteiger partial charge on any atom is -0.346 e. The molecule has 4 fully saturated rings. The van der Waals surface area contributed by atoms with Crippen molar-refractivity contribution in [1.29, 1.82) is 0 Å². The third kappa shape index (κ3) is 3.11. The number of amides is 2. The second-order valence-corrected chi connectivity index (χ2v) is 9.91. The van der Waals surface area contributed by atoms with Gasteiger partial charge in [-0.1, -0.05) is 0 Å². The molecule has 2 bridgehead atoms. The molecule has 0 aliphatic carbocycles. The van der Waals surface area contributed by atoms with Gasteiger partial charge in [-0.05, 0) is 44.8 Å². The standard InChI is InChI=1S/C20H24N4O2S2/c1-12-19(13-2-4-23(12)5-3-13)22-20(26)15-8-14-16(10-28-17(14)9-21-15)24-6-7-27-11-18(24)25/h8-10,12-13,19H,2-7,11H2,1H3,(H,22,26)/t12-,19-/m0/s1. The Balaban J connectivity index is 1.40. The van der Waals surface area contributed by atoms with E-state index in [1.807, 2.05) is 16.3 Å². The molecule has 2 atom stereocenters. The first kappa shape index (κ1) is 18.4. The Kier molecular flexibility index (Phi) is 4.80. The van der Waals surface area contributed by atoms with Gasteiger partial charge in [-0.2, -0.15) is 11.8 Å². The lowest BCUT2D eigenvalue weighted by Crippen LogP contribution is -2.62. The van der Waals surface area contributed by atoms with E-state index in [1.165, 1.54) is 0 Å². The van der Waals surface area contributed by atoms with Crippen molar-refractivity contribution in [2.24, 2.45) is 5.92 Å². The molecule has 1 N–H and O–H groups in total. The summed E-state index contributed by atoms with van der Waals surface area (Å²) in [5.41, 5.74) is 1.35. The number of nitrogens with zero attached hydrogens (tertiary/aromatic N) is 3. The Hall–Kier alpha value is -1.64. The van der Waals surface area contributed by atoms with E-state index in [2.05, 4.69) is 22.1 Å². The number of aromatic nitrogens is 1. The van der Waals surface area contributed by atoms with Gasteiger partial charge in [0, 0.05) is 41.3 Å². The summed E-state index contributed by atoms with van der Waals surface area (Å²) >= 11 is 3.25. The molecule has 4 aliphatic heterocycles. The maximum atomic E-state index is 13.0. The van der Waals surface area contributed by atoms with Crippen LogP contribution in [0.25, 0.3) is 10.1 Å². The summed E-state index contributed by atoms with van der Waals surface area (Å²) < 4.78 is 1.01. The second kappa shape index (κ2) is 7.31. The maximum absolute atomic E-state index is 13.0. The Bertz CT molecular complexity index is 920. The number of pyridine rings is 1. The number of carbonyl (C=O) groups is 2. The number of thiophene rings is 1. The molecular weight excluding hydrogens is 392 g/mol. The number of fused-ring (bicyclic) bond motifs is 4. The van der Waals surface area contributed by atoms with Crippen molar-refractivity contribution in [2.75, 3.05) is 36.0 Å². The quantitative estimate of drug-likeness (QED) is 0.833. The smallest absolute Gasteiger partial charge is 0.270 e. The zero-order valence-corrected chi connectivity index (χ0v) is 17.5. The van der Waals surface area contributed by atoms with Crippen molar-refractivity contribution in [3.8, 4) is 0 Å². The minimum atomic E-state index is -0.106. The second-order valence-electron chi connectivity index (χ2n) is 7.90. The van der Waals surface area contributed by atoms with Crippen LogP contribution in [0.3, 0.4) is 0 Å². The van der Waals surface area contributed by atoms with Gasteiger partial charge in [0.2, 0.25) is 5.91 Å². The van der Waals surface area contributed by atoms with Crippen molar-refractivity contribution in [1.82, 2.24) is 15.2 Å². The van der Waals surface area contributed by atoms with E-state index in [-0.39, 0.29) is 17.9 Å². The zero-order valence-electron chi connectivity index (χ0n) is 15.9. The molecule has 6 heterocycles. The van der Waals surface area contributed by atoms with Crippen LogP contribution in [0.2, 0.25) is 0 Å². The molecule has 6 rings (SSSR count). The summed E-state index contributed by atoms with van der Waals surface area (Å²) in [4.78, 5) is 34.1. The Morgan fingerprint density at radius 2 is 2.11 bits per heavy atom. The average molecular weight is 417 g/mol. The van der Waals surface area contributed by atoms with E-state index < -0.39 is 0 Å². The minimum absolute atomic E-state index is 0.106. The van der Waals surface area contributed by atoms with Crippen LogP contribution in [0.4, 0.5) is 5.69 Å². The van der Waals surface area contributed by atoms with Crippen LogP contribution in [0.1, 0.15) is 30.3 Å². The number of rotatable bonds is 3. The van der Waals surface area contributed by atoms with Crippen LogP contribution in [0.15, 0.2) is 17.6 Å². The summed E-state index contributed by atoms with van der Waals surface area (Å²) in [6.45, 7) is 5.21. The Morgan fingerprint density at radius 3 is 2.86 bits per heavy atom. The van der Waals surface area contributed by atoms with Gasteiger partial charge in [-0.25, -0.2) is 4.98 Å². The van der Waals surface area contributed by atoms with Gasteiger partial charge >= 0.3 is 0 Å².